The second kappa shape index (κ2) is 8.19. The minimum Gasteiger partial charge on any atom is -0.317 e. The zero-order valence-corrected chi connectivity index (χ0v) is 13.4. The molecule has 0 aliphatic carbocycles. The van der Waals surface area contributed by atoms with Crippen molar-refractivity contribution in [3.63, 3.8) is 0 Å². The molecular formula is C13H29N3O2S. The van der Waals surface area contributed by atoms with Crippen molar-refractivity contribution in [2.75, 3.05) is 52.6 Å². The van der Waals surface area contributed by atoms with Crippen LogP contribution in [0.15, 0.2) is 0 Å². The van der Waals surface area contributed by atoms with Gasteiger partial charge in [0, 0.05) is 19.6 Å². The van der Waals surface area contributed by atoms with Crippen LogP contribution in [0.5, 0.6) is 0 Å². The van der Waals surface area contributed by atoms with Crippen molar-refractivity contribution in [3.05, 3.63) is 0 Å². The van der Waals surface area contributed by atoms with Gasteiger partial charge in [0.15, 0.2) is 0 Å². The number of rotatable bonds is 8. The number of likely N-dealkylation sites (N-methyl/N-ethyl adjacent to an activating group) is 1. The normalized spacial score (nSPS) is 18.4. The van der Waals surface area contributed by atoms with E-state index in [-0.39, 0.29) is 0 Å². The van der Waals surface area contributed by atoms with Crippen LogP contribution in [0.2, 0.25) is 0 Å². The predicted molar refractivity (Wildman–Crippen MR) is 79.8 cm³/mol. The fraction of sp³-hybridized carbons (Fsp3) is 1.00. The van der Waals surface area contributed by atoms with Gasteiger partial charge in [-0.2, -0.15) is 0 Å². The number of hydrogen-bond donors (Lipinski definition) is 1. The quantitative estimate of drug-likeness (QED) is 0.711. The minimum atomic E-state index is -3.10. The molecule has 0 aromatic rings. The SMILES string of the molecule is CCCN(CCN(C)C)S(=O)(=O)CC1CCNCC1. The maximum absolute atomic E-state index is 12.5. The van der Waals surface area contributed by atoms with Crippen LogP contribution in [0.4, 0.5) is 0 Å². The van der Waals surface area contributed by atoms with Crippen molar-refractivity contribution >= 4 is 10.0 Å². The number of nitrogens with one attached hydrogen (secondary N) is 1. The van der Waals surface area contributed by atoms with E-state index in [1.54, 1.807) is 4.31 Å². The molecule has 0 aromatic heterocycles. The van der Waals surface area contributed by atoms with Gasteiger partial charge in [0.25, 0.3) is 0 Å². The number of hydrogen-bond acceptors (Lipinski definition) is 4. The third-order valence-electron chi connectivity index (χ3n) is 3.57. The average molecular weight is 291 g/mol. The standard InChI is InChI=1S/C13H29N3O2S/c1-4-9-16(11-10-15(2)3)19(17,18)12-13-5-7-14-8-6-13/h13-14H,4-12H2,1-3H3. The lowest BCUT2D eigenvalue weighted by Gasteiger charge is -2.27. The summed E-state index contributed by atoms with van der Waals surface area (Å²) in [5.74, 6) is 0.646. The molecule has 6 heteroatoms. The van der Waals surface area contributed by atoms with Crippen molar-refractivity contribution in [2.24, 2.45) is 5.92 Å². The Hall–Kier alpha value is -0.170. The summed E-state index contributed by atoms with van der Waals surface area (Å²) in [6.07, 6.45) is 2.83. The van der Waals surface area contributed by atoms with E-state index >= 15 is 0 Å². The van der Waals surface area contributed by atoms with Gasteiger partial charge in [-0.1, -0.05) is 6.92 Å². The first kappa shape index (κ1) is 16.9. The number of nitrogens with zero attached hydrogens (tertiary/aromatic N) is 2. The monoisotopic (exact) mass is 291 g/mol. The summed E-state index contributed by atoms with van der Waals surface area (Å²) in [4.78, 5) is 2.03. The van der Waals surface area contributed by atoms with E-state index in [9.17, 15) is 8.42 Å². The molecule has 19 heavy (non-hydrogen) atoms. The Kier molecular flexibility index (Phi) is 7.28. The molecule has 0 radical (unpaired) electrons. The maximum atomic E-state index is 12.5. The minimum absolute atomic E-state index is 0.322. The Balaban J connectivity index is 2.57. The van der Waals surface area contributed by atoms with Crippen molar-refractivity contribution in [3.8, 4) is 0 Å². The Morgan fingerprint density at radius 3 is 2.26 bits per heavy atom. The maximum Gasteiger partial charge on any atom is 0.214 e. The van der Waals surface area contributed by atoms with E-state index in [1.165, 1.54) is 0 Å². The molecule has 0 amide bonds. The van der Waals surface area contributed by atoms with Crippen LogP contribution in [0.3, 0.4) is 0 Å². The molecule has 5 nitrogen and oxygen atoms in total. The van der Waals surface area contributed by atoms with E-state index in [4.69, 9.17) is 0 Å². The van der Waals surface area contributed by atoms with Gasteiger partial charge in [-0.15, -0.1) is 0 Å². The van der Waals surface area contributed by atoms with Crippen molar-refractivity contribution in [1.82, 2.24) is 14.5 Å². The van der Waals surface area contributed by atoms with Crippen LogP contribution in [0.1, 0.15) is 26.2 Å². The van der Waals surface area contributed by atoms with Crippen LogP contribution in [0, 0.1) is 5.92 Å². The van der Waals surface area contributed by atoms with Crippen LogP contribution in [-0.2, 0) is 10.0 Å². The summed E-state index contributed by atoms with van der Waals surface area (Å²) in [6.45, 7) is 5.96. The van der Waals surface area contributed by atoms with Gasteiger partial charge in [-0.05, 0) is 52.4 Å². The smallest absolute Gasteiger partial charge is 0.214 e. The Morgan fingerprint density at radius 2 is 1.74 bits per heavy atom. The lowest BCUT2D eigenvalue weighted by atomic mass is 10.0. The topological polar surface area (TPSA) is 52.7 Å². The second-order valence-electron chi connectivity index (χ2n) is 5.67. The highest BCUT2D eigenvalue weighted by molar-refractivity contribution is 7.89. The van der Waals surface area contributed by atoms with Gasteiger partial charge in [0.1, 0.15) is 0 Å². The lowest BCUT2D eigenvalue weighted by Crippen LogP contribution is -2.41. The molecule has 0 atom stereocenters. The van der Waals surface area contributed by atoms with Gasteiger partial charge < -0.3 is 10.2 Å². The van der Waals surface area contributed by atoms with Crippen LogP contribution in [0.25, 0.3) is 0 Å². The van der Waals surface area contributed by atoms with Crippen LogP contribution >= 0.6 is 0 Å². The predicted octanol–water partition coefficient (Wildman–Crippen LogP) is 0.589. The van der Waals surface area contributed by atoms with Gasteiger partial charge in [-0.25, -0.2) is 12.7 Å². The van der Waals surface area contributed by atoms with Crippen molar-refractivity contribution < 1.29 is 8.42 Å². The number of sulfonamides is 1. The van der Waals surface area contributed by atoms with E-state index in [0.29, 0.717) is 24.8 Å². The first-order valence-corrected chi connectivity index (χ1v) is 8.90. The summed E-state index contributed by atoms with van der Waals surface area (Å²) in [5.41, 5.74) is 0. The second-order valence-corrected chi connectivity index (χ2v) is 7.69. The van der Waals surface area contributed by atoms with Gasteiger partial charge >= 0.3 is 0 Å². The van der Waals surface area contributed by atoms with Crippen LogP contribution in [-0.4, -0.2) is 70.2 Å². The highest BCUT2D eigenvalue weighted by atomic mass is 32.2. The molecule has 1 N–H and O–H groups in total. The fourth-order valence-corrected chi connectivity index (χ4v) is 4.36. The fourth-order valence-electron chi connectivity index (χ4n) is 2.40. The molecule has 1 heterocycles. The molecule has 0 aromatic carbocycles. The molecular weight excluding hydrogens is 262 g/mol. The molecule has 0 saturated carbocycles. The Bertz CT molecular complexity index is 338. The zero-order chi connectivity index (χ0) is 14.3. The molecule has 1 fully saturated rings. The van der Waals surface area contributed by atoms with Crippen molar-refractivity contribution in [2.45, 2.75) is 26.2 Å². The van der Waals surface area contributed by atoms with Gasteiger partial charge in [0.05, 0.1) is 5.75 Å². The summed E-state index contributed by atoms with van der Waals surface area (Å²) < 4.78 is 26.7. The van der Waals surface area contributed by atoms with E-state index in [2.05, 4.69) is 5.32 Å². The summed E-state index contributed by atoms with van der Waals surface area (Å²) in [7, 11) is 0.851. The molecule has 0 unspecified atom stereocenters. The first-order valence-electron chi connectivity index (χ1n) is 7.29. The van der Waals surface area contributed by atoms with Gasteiger partial charge in [-0.3, -0.25) is 0 Å². The summed E-state index contributed by atoms with van der Waals surface area (Å²) in [5, 5.41) is 3.28. The summed E-state index contributed by atoms with van der Waals surface area (Å²) >= 11 is 0. The molecule has 1 saturated heterocycles. The molecule has 114 valence electrons. The van der Waals surface area contributed by atoms with E-state index in [1.807, 2.05) is 25.9 Å². The molecule has 1 aliphatic rings. The first-order chi connectivity index (χ1) is 8.95. The van der Waals surface area contributed by atoms with Crippen LogP contribution < -0.4 is 5.32 Å². The largest absolute Gasteiger partial charge is 0.317 e. The van der Waals surface area contributed by atoms with Crippen molar-refractivity contribution in [1.29, 1.82) is 0 Å². The van der Waals surface area contributed by atoms with E-state index in [0.717, 1.165) is 38.9 Å². The number of piperidine rings is 1. The average Bonchev–Trinajstić information content (AvgIpc) is 2.34. The lowest BCUT2D eigenvalue weighted by molar-refractivity contribution is 0.327. The Morgan fingerprint density at radius 1 is 1.11 bits per heavy atom. The zero-order valence-electron chi connectivity index (χ0n) is 12.6. The summed E-state index contributed by atoms with van der Waals surface area (Å²) in [6, 6.07) is 0. The van der Waals surface area contributed by atoms with Gasteiger partial charge in [0.2, 0.25) is 10.0 Å². The highest BCUT2D eigenvalue weighted by Crippen LogP contribution is 2.16. The van der Waals surface area contributed by atoms with E-state index < -0.39 is 10.0 Å². The molecule has 0 bridgehead atoms. The molecule has 1 aliphatic heterocycles. The molecule has 0 spiro atoms. The third-order valence-corrected chi connectivity index (χ3v) is 5.61. The molecule has 1 rings (SSSR count). The highest BCUT2D eigenvalue weighted by Gasteiger charge is 2.26. The Labute approximate surface area is 118 Å². The third kappa shape index (κ3) is 6.21.